The van der Waals surface area contributed by atoms with Gasteiger partial charge in [-0.05, 0) is 13.0 Å². The summed E-state index contributed by atoms with van der Waals surface area (Å²) in [4.78, 5) is 0.859. The molecule has 1 aromatic carbocycles. The van der Waals surface area contributed by atoms with Crippen molar-refractivity contribution in [2.45, 2.75) is 17.1 Å². The Hall–Kier alpha value is -0.940. The van der Waals surface area contributed by atoms with Crippen LogP contribution in [0.15, 0.2) is 17.0 Å². The van der Waals surface area contributed by atoms with Crippen LogP contribution in [0.25, 0.3) is 0 Å². The van der Waals surface area contributed by atoms with Gasteiger partial charge in [-0.3, -0.25) is 0 Å². The van der Waals surface area contributed by atoms with Gasteiger partial charge in [0, 0.05) is 16.6 Å². The molecule has 2 N–H and O–H groups in total. The first-order valence-electron chi connectivity index (χ1n) is 5.17. The van der Waals surface area contributed by atoms with Crippen LogP contribution < -0.4 is 10.5 Å². The summed E-state index contributed by atoms with van der Waals surface area (Å²) in [6.45, 7) is 3.72. The molecule has 1 saturated heterocycles. The van der Waals surface area contributed by atoms with E-state index in [4.69, 9.17) is 15.2 Å². The number of hydrogen-bond donors (Lipinski definition) is 1. The SMILES string of the molecule is CCOc1cc(SC2COC2)c(N)cc1F. The minimum Gasteiger partial charge on any atom is -0.491 e. The van der Waals surface area contributed by atoms with Crippen LogP contribution in [0.4, 0.5) is 10.1 Å². The van der Waals surface area contributed by atoms with Crippen molar-refractivity contribution in [2.75, 3.05) is 25.6 Å². The maximum absolute atomic E-state index is 13.4. The zero-order valence-electron chi connectivity index (χ0n) is 9.03. The third-order valence-corrected chi connectivity index (χ3v) is 3.48. The van der Waals surface area contributed by atoms with Crippen LogP contribution in [0.5, 0.6) is 5.75 Å². The largest absolute Gasteiger partial charge is 0.491 e. The second-order valence-corrected chi connectivity index (χ2v) is 4.87. The molecular weight excluding hydrogens is 229 g/mol. The lowest BCUT2D eigenvalue weighted by Gasteiger charge is -2.25. The molecule has 3 nitrogen and oxygen atoms in total. The molecule has 16 heavy (non-hydrogen) atoms. The van der Waals surface area contributed by atoms with Crippen LogP contribution in [0.3, 0.4) is 0 Å². The molecule has 2 rings (SSSR count). The summed E-state index contributed by atoms with van der Waals surface area (Å²) in [5.41, 5.74) is 6.21. The zero-order chi connectivity index (χ0) is 11.5. The Balaban J connectivity index is 2.18. The van der Waals surface area contributed by atoms with Gasteiger partial charge in [0.15, 0.2) is 11.6 Å². The number of nitrogen functional groups attached to an aromatic ring is 1. The van der Waals surface area contributed by atoms with Gasteiger partial charge in [-0.1, -0.05) is 0 Å². The van der Waals surface area contributed by atoms with E-state index in [0.717, 1.165) is 18.1 Å². The summed E-state index contributed by atoms with van der Waals surface area (Å²) in [6, 6.07) is 2.98. The fourth-order valence-corrected chi connectivity index (χ4v) is 2.44. The van der Waals surface area contributed by atoms with Crippen LogP contribution in [0, 0.1) is 5.82 Å². The minimum absolute atomic E-state index is 0.263. The van der Waals surface area contributed by atoms with Gasteiger partial charge >= 0.3 is 0 Å². The lowest BCUT2D eigenvalue weighted by Crippen LogP contribution is -2.30. The molecule has 0 amide bonds. The van der Waals surface area contributed by atoms with Gasteiger partial charge in [-0.15, -0.1) is 11.8 Å². The van der Waals surface area contributed by atoms with E-state index in [1.165, 1.54) is 6.07 Å². The number of benzene rings is 1. The molecule has 0 atom stereocenters. The normalized spacial score (nSPS) is 15.9. The Morgan fingerprint density at radius 2 is 2.31 bits per heavy atom. The molecule has 0 aromatic heterocycles. The van der Waals surface area contributed by atoms with Gasteiger partial charge in [0.05, 0.1) is 25.1 Å². The molecule has 1 aromatic rings. The molecule has 5 heteroatoms. The lowest BCUT2D eigenvalue weighted by atomic mass is 10.3. The van der Waals surface area contributed by atoms with Gasteiger partial charge in [0.2, 0.25) is 0 Å². The van der Waals surface area contributed by atoms with Gasteiger partial charge in [-0.2, -0.15) is 0 Å². The third kappa shape index (κ3) is 2.41. The number of thioether (sulfide) groups is 1. The Labute approximate surface area is 98.1 Å². The highest BCUT2D eigenvalue weighted by atomic mass is 32.2. The van der Waals surface area contributed by atoms with Gasteiger partial charge in [-0.25, -0.2) is 4.39 Å². The Morgan fingerprint density at radius 1 is 1.56 bits per heavy atom. The molecule has 1 fully saturated rings. The highest BCUT2D eigenvalue weighted by Crippen LogP contribution is 2.36. The van der Waals surface area contributed by atoms with Gasteiger partial charge in [0.25, 0.3) is 0 Å². The van der Waals surface area contributed by atoms with E-state index in [-0.39, 0.29) is 5.75 Å². The summed E-state index contributed by atoms with van der Waals surface area (Å²) in [7, 11) is 0. The fraction of sp³-hybridized carbons (Fsp3) is 0.455. The molecule has 1 heterocycles. The van der Waals surface area contributed by atoms with Crippen LogP contribution in [-0.2, 0) is 4.74 Å². The quantitative estimate of drug-likeness (QED) is 0.824. The van der Waals surface area contributed by atoms with Crippen molar-refractivity contribution in [2.24, 2.45) is 0 Å². The van der Waals surface area contributed by atoms with Gasteiger partial charge < -0.3 is 15.2 Å². The third-order valence-electron chi connectivity index (χ3n) is 2.27. The van der Waals surface area contributed by atoms with Crippen LogP contribution >= 0.6 is 11.8 Å². The first kappa shape index (κ1) is 11.5. The molecule has 88 valence electrons. The van der Waals surface area contributed by atoms with E-state index < -0.39 is 5.82 Å². The predicted molar refractivity (Wildman–Crippen MR) is 62.4 cm³/mol. The van der Waals surface area contributed by atoms with Crippen LogP contribution in [-0.4, -0.2) is 25.1 Å². The lowest BCUT2D eigenvalue weighted by molar-refractivity contribution is 0.0455. The highest BCUT2D eigenvalue weighted by Gasteiger charge is 2.21. The van der Waals surface area contributed by atoms with E-state index in [9.17, 15) is 4.39 Å². The van der Waals surface area contributed by atoms with E-state index in [1.807, 2.05) is 6.92 Å². The Morgan fingerprint density at radius 3 is 2.88 bits per heavy atom. The highest BCUT2D eigenvalue weighted by molar-refractivity contribution is 8.00. The topological polar surface area (TPSA) is 44.5 Å². The van der Waals surface area contributed by atoms with E-state index in [0.29, 0.717) is 17.5 Å². The summed E-state index contributed by atoms with van der Waals surface area (Å²) >= 11 is 1.61. The van der Waals surface area contributed by atoms with Crippen molar-refractivity contribution in [3.8, 4) is 5.75 Å². The monoisotopic (exact) mass is 243 g/mol. The maximum atomic E-state index is 13.4. The van der Waals surface area contributed by atoms with E-state index >= 15 is 0 Å². The average Bonchev–Trinajstić information content (AvgIpc) is 2.18. The standard InChI is InChI=1S/C11H14FNO2S/c1-2-15-10-4-11(9(13)3-8(10)12)16-7-5-14-6-7/h3-4,7H,2,5-6,13H2,1H3. The minimum atomic E-state index is -0.409. The number of nitrogens with two attached hydrogens (primary N) is 1. The van der Waals surface area contributed by atoms with Crippen LogP contribution in [0.1, 0.15) is 6.92 Å². The van der Waals surface area contributed by atoms with E-state index in [2.05, 4.69) is 0 Å². The number of halogens is 1. The number of hydrogen-bond acceptors (Lipinski definition) is 4. The zero-order valence-corrected chi connectivity index (χ0v) is 9.85. The molecule has 0 spiro atoms. The van der Waals surface area contributed by atoms with Crippen LogP contribution in [0.2, 0.25) is 0 Å². The summed E-state index contributed by atoms with van der Waals surface area (Å²) in [5.74, 6) is -0.145. The van der Waals surface area contributed by atoms with Crippen molar-refractivity contribution in [3.05, 3.63) is 17.9 Å². The molecular formula is C11H14FNO2S. The van der Waals surface area contributed by atoms with Crippen molar-refractivity contribution in [1.82, 2.24) is 0 Å². The number of ether oxygens (including phenoxy) is 2. The maximum Gasteiger partial charge on any atom is 0.167 e. The van der Waals surface area contributed by atoms with Crippen molar-refractivity contribution < 1.29 is 13.9 Å². The molecule has 0 unspecified atom stereocenters. The van der Waals surface area contributed by atoms with E-state index in [1.54, 1.807) is 17.8 Å². The second kappa shape index (κ2) is 4.93. The predicted octanol–water partition coefficient (Wildman–Crippen LogP) is 2.30. The van der Waals surface area contributed by atoms with Gasteiger partial charge in [0.1, 0.15) is 0 Å². The van der Waals surface area contributed by atoms with Crippen molar-refractivity contribution in [3.63, 3.8) is 0 Å². The molecule has 1 aliphatic rings. The number of anilines is 1. The average molecular weight is 243 g/mol. The van der Waals surface area contributed by atoms with Crippen molar-refractivity contribution in [1.29, 1.82) is 0 Å². The molecule has 0 radical (unpaired) electrons. The Kier molecular flexibility index (Phi) is 3.56. The molecule has 0 aliphatic carbocycles. The molecule has 0 saturated carbocycles. The molecule has 0 bridgehead atoms. The summed E-state index contributed by atoms with van der Waals surface area (Å²) in [6.07, 6.45) is 0. The second-order valence-electron chi connectivity index (χ2n) is 3.53. The number of rotatable bonds is 4. The molecule has 1 aliphatic heterocycles. The first-order valence-corrected chi connectivity index (χ1v) is 6.05. The fourth-order valence-electron chi connectivity index (χ4n) is 1.38. The first-order chi connectivity index (χ1) is 7.70. The summed E-state index contributed by atoms with van der Waals surface area (Å²) in [5, 5.41) is 0.419. The summed E-state index contributed by atoms with van der Waals surface area (Å²) < 4.78 is 23.7. The Bertz CT molecular complexity index is 382. The smallest absolute Gasteiger partial charge is 0.167 e. The van der Waals surface area contributed by atoms with Crippen molar-refractivity contribution >= 4 is 17.4 Å².